The fourth-order valence-corrected chi connectivity index (χ4v) is 9.21. The van der Waals surface area contributed by atoms with Crippen LogP contribution in [0.3, 0.4) is 0 Å². The van der Waals surface area contributed by atoms with Gasteiger partial charge in [-0.3, -0.25) is 20.2 Å². The number of fused-ring (bicyclic) bond motifs is 6. The second-order valence-electron chi connectivity index (χ2n) is 22.7. The lowest BCUT2D eigenvalue weighted by Gasteiger charge is -2.27. The first-order chi connectivity index (χ1) is 32.8. The lowest BCUT2D eigenvalue weighted by Crippen LogP contribution is -2.20. The lowest BCUT2D eigenvalue weighted by atomic mass is 9.78. The quantitative estimate of drug-likeness (QED) is 0.127. The van der Waals surface area contributed by atoms with Crippen LogP contribution in [0.4, 0.5) is 11.4 Å². The molecule has 2 aromatic heterocycles. The van der Waals surface area contributed by atoms with Gasteiger partial charge in [-0.2, -0.15) is 0 Å². The third-order valence-electron chi connectivity index (χ3n) is 13.4. The molecule has 5 heterocycles. The molecule has 8 bridgehead atoms. The summed E-state index contributed by atoms with van der Waals surface area (Å²) in [4.78, 5) is 41.3. The smallest absolute Gasteiger partial charge is 0.269 e. The summed E-state index contributed by atoms with van der Waals surface area (Å²) in [6.07, 6.45) is 10.0. The van der Waals surface area contributed by atoms with Gasteiger partial charge in [0, 0.05) is 74.7 Å². The monoisotopic (exact) mass is 928 g/mol. The van der Waals surface area contributed by atoms with Crippen LogP contribution in [0.15, 0.2) is 155 Å². The molecule has 0 spiro atoms. The number of aromatic amines is 2. The minimum atomic E-state index is -0.404. The van der Waals surface area contributed by atoms with Crippen LogP contribution in [0.5, 0.6) is 0 Å². The number of allylic oxidation sites excluding steroid dienone is 5. The molecule has 6 aromatic rings. The molecular formula is C60H60N6O4. The van der Waals surface area contributed by atoms with E-state index in [0.29, 0.717) is 28.3 Å². The van der Waals surface area contributed by atoms with Crippen LogP contribution < -0.4 is 10.7 Å². The maximum atomic E-state index is 11.9. The molecule has 0 saturated carbocycles. The molecule has 354 valence electrons. The van der Waals surface area contributed by atoms with Crippen molar-refractivity contribution in [2.75, 3.05) is 0 Å². The average molecular weight is 929 g/mol. The maximum absolute atomic E-state index is 11.9. The van der Waals surface area contributed by atoms with E-state index in [1.54, 1.807) is 24.3 Å². The Morgan fingerprint density at radius 2 is 0.800 bits per heavy atom. The van der Waals surface area contributed by atoms with Crippen molar-refractivity contribution in [3.8, 4) is 0 Å². The molecule has 0 aliphatic carbocycles. The highest BCUT2D eigenvalue weighted by Crippen LogP contribution is 2.41. The van der Waals surface area contributed by atoms with Crippen molar-refractivity contribution in [1.82, 2.24) is 9.97 Å². The molecule has 0 atom stereocenters. The average Bonchev–Trinajstić information content (AvgIpc) is 4.14. The Morgan fingerprint density at radius 3 is 1.23 bits per heavy atom. The Bertz CT molecular complexity index is 3420. The van der Waals surface area contributed by atoms with Crippen LogP contribution in [0.1, 0.15) is 139 Å². The number of nitrogens with zero attached hydrogens (tertiary/aromatic N) is 4. The number of nitrogens with one attached hydrogen (secondary N) is 2. The van der Waals surface area contributed by atoms with E-state index in [1.807, 2.05) is 18.2 Å². The number of hydrogen-bond donors (Lipinski definition) is 2. The molecule has 3 aliphatic heterocycles. The van der Waals surface area contributed by atoms with Gasteiger partial charge in [-0.05, 0) is 133 Å². The predicted octanol–water partition coefficient (Wildman–Crippen LogP) is 13.0. The summed E-state index contributed by atoms with van der Waals surface area (Å²) in [6, 6.07) is 33.3. The normalized spacial score (nSPS) is 15.3. The zero-order valence-corrected chi connectivity index (χ0v) is 42.1. The highest BCUT2D eigenvalue weighted by molar-refractivity contribution is 6.35. The summed E-state index contributed by atoms with van der Waals surface area (Å²) >= 11 is 0. The van der Waals surface area contributed by atoms with Crippen molar-refractivity contribution in [3.63, 3.8) is 0 Å². The number of non-ortho nitro benzene ring substituents is 2. The van der Waals surface area contributed by atoms with Gasteiger partial charge < -0.3 is 9.97 Å². The highest BCUT2D eigenvalue weighted by atomic mass is 16.6. The standard InChI is InChI=1S/C60H60N6O4/c1-57(2,3)40-27-37(28-41(32-40)58(4,5)6)53-39-31-52(61-34-39)56(38-29-42(59(7,8)9)33-43(30-38)60(10,11)12)51-26-25-50(64-51)55(36-15-19-45(20-16-36)66(69)70)49-24-23-48(63-49)54(47-22-21-46(53)62-47)35-13-17-44(18-14-35)65(67)68/h13-34,61-62H,1-12H3. The summed E-state index contributed by atoms with van der Waals surface area (Å²) in [7, 11) is 0. The molecule has 0 radical (unpaired) electrons. The molecule has 0 amide bonds. The van der Waals surface area contributed by atoms with E-state index in [-0.39, 0.29) is 33.0 Å². The largest absolute Gasteiger partial charge is 0.360 e. The van der Waals surface area contributed by atoms with Gasteiger partial charge in [0.2, 0.25) is 0 Å². The van der Waals surface area contributed by atoms with Gasteiger partial charge >= 0.3 is 0 Å². The van der Waals surface area contributed by atoms with Crippen LogP contribution in [0.25, 0.3) is 22.3 Å². The summed E-state index contributed by atoms with van der Waals surface area (Å²) in [5.74, 6) is 0. The number of H-pyrrole nitrogens is 2. The number of aliphatic imine (C=N–C) groups is 2. The fourth-order valence-electron chi connectivity index (χ4n) is 9.21. The van der Waals surface area contributed by atoms with Gasteiger partial charge in [0.05, 0.1) is 32.7 Å². The van der Waals surface area contributed by atoms with Gasteiger partial charge in [-0.1, -0.05) is 119 Å². The number of nitro benzene ring substituents is 2. The molecule has 10 nitrogen and oxygen atoms in total. The number of nitro groups is 2. The Labute approximate surface area is 409 Å². The number of hydrogen-bond acceptors (Lipinski definition) is 6. The third kappa shape index (κ3) is 9.13. The van der Waals surface area contributed by atoms with E-state index < -0.39 is 9.85 Å². The Hall–Kier alpha value is -7.72. The molecule has 9 rings (SSSR count). The summed E-state index contributed by atoms with van der Waals surface area (Å²) < 4.78 is 0. The molecule has 2 N–H and O–H groups in total. The zero-order chi connectivity index (χ0) is 50.2. The first-order valence-electron chi connectivity index (χ1n) is 23.8. The number of benzene rings is 4. The van der Waals surface area contributed by atoms with E-state index >= 15 is 0 Å². The van der Waals surface area contributed by atoms with Crippen molar-refractivity contribution in [1.29, 1.82) is 0 Å². The van der Waals surface area contributed by atoms with Crippen molar-refractivity contribution in [2.45, 2.75) is 105 Å². The second kappa shape index (κ2) is 17.1. The number of aromatic nitrogens is 2. The van der Waals surface area contributed by atoms with Crippen LogP contribution in [-0.4, -0.2) is 31.2 Å². The van der Waals surface area contributed by atoms with Gasteiger partial charge in [0.15, 0.2) is 0 Å². The second-order valence-corrected chi connectivity index (χ2v) is 22.7. The topological polar surface area (TPSA) is 143 Å². The van der Waals surface area contributed by atoms with Crippen LogP contribution >= 0.6 is 0 Å². The lowest BCUT2D eigenvalue weighted by molar-refractivity contribution is -0.385. The van der Waals surface area contributed by atoms with Crippen LogP contribution in [0.2, 0.25) is 0 Å². The molecule has 70 heavy (non-hydrogen) atoms. The Kier molecular flexibility index (Phi) is 11.5. The van der Waals surface area contributed by atoms with E-state index in [9.17, 15) is 20.2 Å². The van der Waals surface area contributed by atoms with Crippen molar-refractivity contribution < 1.29 is 9.85 Å². The highest BCUT2D eigenvalue weighted by Gasteiger charge is 2.29. The Morgan fingerprint density at radius 1 is 0.414 bits per heavy atom. The molecule has 10 heteroatoms. The molecule has 4 aromatic carbocycles. The van der Waals surface area contributed by atoms with Gasteiger partial charge in [-0.25, -0.2) is 9.98 Å². The van der Waals surface area contributed by atoms with Crippen molar-refractivity contribution in [3.05, 3.63) is 232 Å². The Balaban J connectivity index is 1.44. The first-order valence-corrected chi connectivity index (χ1v) is 23.8. The van der Waals surface area contributed by atoms with Crippen LogP contribution in [-0.2, 0) is 21.7 Å². The SMILES string of the molecule is CC(C)(C)c1cc(C2=C3C=CC(=N3)C(c3ccc([N+](=O)[O-])cc3)=C3C=CC(=N3)C(c3ccc([N+](=O)[O-])cc3)=c3ccc([nH]3)=C(c3cc(C(C)(C)C)cc(C(C)(C)C)c3)c3c[nH]c2c3)cc(C(C)(C)C)c1. The summed E-state index contributed by atoms with van der Waals surface area (Å²) in [5.41, 5.74) is 15.6. The number of rotatable bonds is 6. The van der Waals surface area contributed by atoms with E-state index in [1.165, 1.54) is 46.5 Å². The van der Waals surface area contributed by atoms with E-state index in [4.69, 9.17) is 9.98 Å². The third-order valence-corrected chi connectivity index (χ3v) is 13.4. The molecule has 0 fully saturated rings. The minimum absolute atomic E-state index is 0.0176. The summed E-state index contributed by atoms with van der Waals surface area (Å²) in [6.45, 7) is 27.0. The summed E-state index contributed by atoms with van der Waals surface area (Å²) in [5, 5.41) is 25.4. The first kappa shape index (κ1) is 47.4. The molecular weight excluding hydrogens is 869 g/mol. The van der Waals surface area contributed by atoms with E-state index in [0.717, 1.165) is 61.1 Å². The molecule has 0 unspecified atom stereocenters. The van der Waals surface area contributed by atoms with Crippen molar-refractivity contribution >= 4 is 45.1 Å². The zero-order valence-electron chi connectivity index (χ0n) is 42.1. The minimum Gasteiger partial charge on any atom is -0.360 e. The molecule has 3 aliphatic rings. The van der Waals surface area contributed by atoms with Gasteiger partial charge in [-0.15, -0.1) is 0 Å². The van der Waals surface area contributed by atoms with E-state index in [2.05, 4.69) is 160 Å². The van der Waals surface area contributed by atoms with Crippen LogP contribution in [0, 0.1) is 20.2 Å². The van der Waals surface area contributed by atoms with Gasteiger partial charge in [0.1, 0.15) is 0 Å². The fraction of sp³-hybridized carbons (Fsp3) is 0.267. The van der Waals surface area contributed by atoms with Crippen molar-refractivity contribution in [2.24, 2.45) is 9.98 Å². The predicted molar refractivity (Wildman–Crippen MR) is 285 cm³/mol. The van der Waals surface area contributed by atoms with Gasteiger partial charge in [0.25, 0.3) is 11.4 Å². The maximum Gasteiger partial charge on any atom is 0.269 e. The molecule has 0 saturated heterocycles.